The van der Waals surface area contributed by atoms with Crippen LogP contribution in [0.3, 0.4) is 0 Å². The van der Waals surface area contributed by atoms with Crippen molar-refractivity contribution in [1.82, 2.24) is 15.0 Å². The van der Waals surface area contributed by atoms with E-state index in [0.717, 1.165) is 21.8 Å². The van der Waals surface area contributed by atoms with Gasteiger partial charge in [0.25, 0.3) is 0 Å². The molecule has 3 rings (SSSR count). The third-order valence-electron chi connectivity index (χ3n) is 2.63. The number of para-hydroxylation sites is 1. The van der Waals surface area contributed by atoms with E-state index < -0.39 is 0 Å². The quantitative estimate of drug-likeness (QED) is 0.691. The van der Waals surface area contributed by atoms with Gasteiger partial charge < -0.3 is 4.74 Å². The minimum atomic E-state index is 0.322. The number of rotatable bonds is 3. The number of aromatic nitrogens is 3. The molecule has 1 aromatic carbocycles. The molecule has 2 aromatic heterocycles. The van der Waals surface area contributed by atoms with Crippen LogP contribution < -0.4 is 4.74 Å². The van der Waals surface area contributed by atoms with Crippen molar-refractivity contribution in [2.24, 2.45) is 0 Å². The van der Waals surface area contributed by atoms with E-state index in [1.807, 2.05) is 30.3 Å². The summed E-state index contributed by atoms with van der Waals surface area (Å²) in [4.78, 5) is 12.6. The molecule has 0 spiro atoms. The van der Waals surface area contributed by atoms with Crippen LogP contribution in [0, 0.1) is 0 Å². The molecule has 0 unspecified atom stereocenters. The Labute approximate surface area is 118 Å². The summed E-state index contributed by atoms with van der Waals surface area (Å²) in [5, 5.41) is 1.75. The molecule has 0 saturated heterocycles. The van der Waals surface area contributed by atoms with Crippen molar-refractivity contribution in [3.05, 3.63) is 54.5 Å². The Kier molecular flexibility index (Phi) is 3.37. The Morgan fingerprint density at radius 2 is 1.79 bits per heavy atom. The maximum Gasteiger partial charge on any atom is 0.321 e. The molecular formula is C14H10BrN3O. The van der Waals surface area contributed by atoms with E-state index in [1.165, 1.54) is 0 Å². The van der Waals surface area contributed by atoms with Gasteiger partial charge in [-0.05, 0) is 17.7 Å². The normalized spacial score (nSPS) is 10.6. The van der Waals surface area contributed by atoms with Gasteiger partial charge in [0.1, 0.15) is 5.52 Å². The Morgan fingerprint density at radius 3 is 2.58 bits per heavy atom. The minimum absolute atomic E-state index is 0.322. The summed E-state index contributed by atoms with van der Waals surface area (Å²) < 4.78 is 5.69. The molecule has 2 heterocycles. The second-order valence-corrected chi connectivity index (χ2v) is 4.50. The van der Waals surface area contributed by atoms with Crippen molar-refractivity contribution in [2.45, 2.75) is 5.33 Å². The predicted octanol–water partition coefficient (Wildman–Crippen LogP) is 3.71. The molecule has 4 nitrogen and oxygen atoms in total. The molecular weight excluding hydrogens is 306 g/mol. The van der Waals surface area contributed by atoms with Gasteiger partial charge in [-0.1, -0.05) is 34.1 Å². The van der Waals surface area contributed by atoms with E-state index in [0.29, 0.717) is 11.8 Å². The van der Waals surface area contributed by atoms with E-state index >= 15 is 0 Å². The molecule has 19 heavy (non-hydrogen) atoms. The zero-order valence-electron chi connectivity index (χ0n) is 9.95. The molecule has 0 atom stereocenters. The fourth-order valence-corrected chi connectivity index (χ4v) is 2.01. The summed E-state index contributed by atoms with van der Waals surface area (Å²) in [6.45, 7) is 0. The first-order valence-corrected chi connectivity index (χ1v) is 6.87. The summed E-state index contributed by atoms with van der Waals surface area (Å²) in [5.41, 5.74) is 1.81. The van der Waals surface area contributed by atoms with Gasteiger partial charge in [-0.15, -0.1) is 0 Å². The number of ether oxygens (including phenoxy) is 1. The molecule has 0 aliphatic rings. The molecule has 0 aliphatic carbocycles. The van der Waals surface area contributed by atoms with Crippen LogP contribution in [0.4, 0.5) is 0 Å². The van der Waals surface area contributed by atoms with Crippen molar-refractivity contribution in [1.29, 1.82) is 0 Å². The molecule has 0 aliphatic heterocycles. The number of fused-ring (bicyclic) bond motifs is 1. The number of nitrogens with zero attached hydrogens (tertiary/aromatic N) is 3. The van der Waals surface area contributed by atoms with E-state index in [9.17, 15) is 0 Å². The summed E-state index contributed by atoms with van der Waals surface area (Å²) in [6, 6.07) is 9.98. The van der Waals surface area contributed by atoms with E-state index in [-0.39, 0.29) is 0 Å². The van der Waals surface area contributed by atoms with Gasteiger partial charge in [0.05, 0.1) is 0 Å². The van der Waals surface area contributed by atoms with Crippen LogP contribution in [0.15, 0.2) is 48.9 Å². The van der Waals surface area contributed by atoms with Crippen LogP contribution in [0.5, 0.6) is 11.8 Å². The van der Waals surface area contributed by atoms with Crippen LogP contribution in [0.25, 0.3) is 10.9 Å². The summed E-state index contributed by atoms with van der Waals surface area (Å²) in [6.07, 6.45) is 5.20. The Balaban J connectivity index is 1.96. The average molecular weight is 316 g/mol. The SMILES string of the molecule is BrCc1cnc(Oc2cccc3cccnc23)nc1. The van der Waals surface area contributed by atoms with E-state index in [1.54, 1.807) is 18.6 Å². The first-order chi connectivity index (χ1) is 9.36. The van der Waals surface area contributed by atoms with Crippen molar-refractivity contribution in [3.63, 3.8) is 0 Å². The highest BCUT2D eigenvalue weighted by Gasteiger charge is 2.05. The molecule has 0 saturated carbocycles. The second-order valence-electron chi connectivity index (χ2n) is 3.94. The van der Waals surface area contributed by atoms with Crippen molar-refractivity contribution in [2.75, 3.05) is 0 Å². The van der Waals surface area contributed by atoms with Gasteiger partial charge in [0.15, 0.2) is 5.75 Å². The van der Waals surface area contributed by atoms with Crippen LogP contribution in [0.2, 0.25) is 0 Å². The van der Waals surface area contributed by atoms with Crippen LogP contribution in [-0.2, 0) is 5.33 Å². The number of benzene rings is 1. The molecule has 0 radical (unpaired) electrons. The maximum absolute atomic E-state index is 5.69. The largest absolute Gasteiger partial charge is 0.422 e. The predicted molar refractivity (Wildman–Crippen MR) is 76.5 cm³/mol. The molecule has 0 fully saturated rings. The highest BCUT2D eigenvalue weighted by molar-refractivity contribution is 9.08. The van der Waals surface area contributed by atoms with Crippen LogP contribution >= 0.6 is 15.9 Å². The number of pyridine rings is 1. The first-order valence-electron chi connectivity index (χ1n) is 5.75. The zero-order valence-corrected chi connectivity index (χ0v) is 11.5. The monoisotopic (exact) mass is 315 g/mol. The summed E-state index contributed by atoms with van der Waals surface area (Å²) in [7, 11) is 0. The van der Waals surface area contributed by atoms with Crippen molar-refractivity contribution < 1.29 is 4.74 Å². The lowest BCUT2D eigenvalue weighted by Gasteiger charge is -2.06. The van der Waals surface area contributed by atoms with Crippen molar-refractivity contribution >= 4 is 26.8 Å². The third kappa shape index (κ3) is 2.56. The standard InChI is InChI=1S/C14H10BrN3O/c15-7-10-8-17-14(18-9-10)19-12-5-1-3-11-4-2-6-16-13(11)12/h1-6,8-9H,7H2. The van der Waals surface area contributed by atoms with Gasteiger partial charge in [-0.3, -0.25) is 4.98 Å². The number of hydrogen-bond acceptors (Lipinski definition) is 4. The molecule has 0 amide bonds. The number of halogens is 1. The van der Waals surface area contributed by atoms with Gasteiger partial charge in [-0.25, -0.2) is 9.97 Å². The fourth-order valence-electron chi connectivity index (χ4n) is 1.72. The summed E-state index contributed by atoms with van der Waals surface area (Å²) >= 11 is 3.35. The van der Waals surface area contributed by atoms with Crippen molar-refractivity contribution in [3.8, 4) is 11.8 Å². The highest BCUT2D eigenvalue weighted by Crippen LogP contribution is 2.26. The number of alkyl halides is 1. The molecule has 3 aromatic rings. The first kappa shape index (κ1) is 12.0. The molecule has 5 heteroatoms. The third-order valence-corrected chi connectivity index (χ3v) is 3.28. The lowest BCUT2D eigenvalue weighted by molar-refractivity contribution is 0.445. The lowest BCUT2D eigenvalue weighted by Crippen LogP contribution is -1.94. The van der Waals surface area contributed by atoms with Gasteiger partial charge in [0, 0.05) is 29.3 Å². The second kappa shape index (κ2) is 5.32. The van der Waals surface area contributed by atoms with Gasteiger partial charge in [-0.2, -0.15) is 0 Å². The van der Waals surface area contributed by atoms with Gasteiger partial charge >= 0.3 is 6.01 Å². The summed E-state index contributed by atoms with van der Waals surface area (Å²) in [5.74, 6) is 0.657. The van der Waals surface area contributed by atoms with Crippen LogP contribution in [-0.4, -0.2) is 15.0 Å². The average Bonchev–Trinajstić information content (AvgIpc) is 2.48. The smallest absolute Gasteiger partial charge is 0.321 e. The lowest BCUT2D eigenvalue weighted by atomic mass is 10.2. The molecule has 0 bridgehead atoms. The van der Waals surface area contributed by atoms with E-state index in [2.05, 4.69) is 30.9 Å². The topological polar surface area (TPSA) is 47.9 Å². The highest BCUT2D eigenvalue weighted by atomic mass is 79.9. The Morgan fingerprint density at radius 1 is 1.00 bits per heavy atom. The molecule has 0 N–H and O–H groups in total. The van der Waals surface area contributed by atoms with E-state index in [4.69, 9.17) is 4.74 Å². The Hall–Kier alpha value is -2.01. The maximum atomic E-state index is 5.69. The Bertz CT molecular complexity index is 695. The molecule has 94 valence electrons. The van der Waals surface area contributed by atoms with Crippen LogP contribution in [0.1, 0.15) is 5.56 Å². The zero-order chi connectivity index (χ0) is 13.1. The fraction of sp³-hybridized carbons (Fsp3) is 0.0714. The number of hydrogen-bond donors (Lipinski definition) is 0. The van der Waals surface area contributed by atoms with Gasteiger partial charge in [0.2, 0.25) is 0 Å². The minimum Gasteiger partial charge on any atom is -0.422 e.